The molecule has 0 atom stereocenters. The van der Waals surface area contributed by atoms with Gasteiger partial charge in [0.25, 0.3) is 17.7 Å². The number of hydrazine groups is 1. The zero-order valence-corrected chi connectivity index (χ0v) is 15.2. The second-order valence-corrected chi connectivity index (χ2v) is 6.47. The monoisotopic (exact) mass is 367 g/mol. The van der Waals surface area contributed by atoms with Gasteiger partial charge in [-0.15, -0.1) is 0 Å². The van der Waals surface area contributed by atoms with Crippen LogP contribution in [0.3, 0.4) is 0 Å². The van der Waals surface area contributed by atoms with Crippen LogP contribution in [-0.4, -0.2) is 23.8 Å². The number of nitrogens with one attached hydrogen (secondary N) is 3. The topological polar surface area (TPSA) is 100 Å². The first kappa shape index (κ1) is 18.4. The van der Waals surface area contributed by atoms with Gasteiger partial charge < -0.3 is 9.73 Å². The Bertz CT molecular complexity index is 892. The Morgan fingerprint density at radius 3 is 2.33 bits per heavy atom. The number of aryl methyl sites for hydroxylation is 2. The van der Waals surface area contributed by atoms with Crippen molar-refractivity contribution in [3.63, 3.8) is 0 Å². The minimum Gasteiger partial charge on any atom is -0.466 e. The molecular weight excluding hydrogens is 346 g/mol. The van der Waals surface area contributed by atoms with Crippen LogP contribution >= 0.6 is 0 Å². The van der Waals surface area contributed by atoms with E-state index in [1.165, 1.54) is 6.08 Å². The van der Waals surface area contributed by atoms with Crippen LogP contribution in [0.1, 0.15) is 50.6 Å². The van der Waals surface area contributed by atoms with Gasteiger partial charge in [-0.25, -0.2) is 0 Å². The summed E-state index contributed by atoms with van der Waals surface area (Å²) in [6.07, 6.45) is 4.97. The largest absolute Gasteiger partial charge is 0.466 e. The molecule has 3 rings (SSSR count). The van der Waals surface area contributed by atoms with Gasteiger partial charge in [0, 0.05) is 17.7 Å². The van der Waals surface area contributed by atoms with Crippen LogP contribution in [0.2, 0.25) is 0 Å². The fourth-order valence-corrected chi connectivity index (χ4v) is 2.50. The Morgan fingerprint density at radius 1 is 1.04 bits per heavy atom. The minimum atomic E-state index is -0.475. The standard InChI is InChI=1S/C20H21N3O4/c1-12-11-17(13(2)27-12)20(26)23-22-18(24)10-5-14-3-6-15(7-4-14)19(25)21-16-8-9-16/h3-7,10-11,16H,8-9H2,1-2H3,(H,21,25)(H,22,24)(H,23,26)/b10-5+. The van der Waals surface area contributed by atoms with Crippen LogP contribution in [0, 0.1) is 13.8 Å². The minimum absolute atomic E-state index is 0.0849. The van der Waals surface area contributed by atoms with Gasteiger partial charge in [0.05, 0.1) is 5.56 Å². The molecule has 1 aromatic carbocycles. The van der Waals surface area contributed by atoms with Crippen molar-refractivity contribution < 1.29 is 18.8 Å². The molecule has 1 saturated carbocycles. The third-order valence-electron chi connectivity index (χ3n) is 4.10. The summed E-state index contributed by atoms with van der Waals surface area (Å²) in [6, 6.07) is 8.84. The Balaban J connectivity index is 1.49. The number of rotatable bonds is 5. The van der Waals surface area contributed by atoms with Gasteiger partial charge in [-0.05, 0) is 56.5 Å². The van der Waals surface area contributed by atoms with Gasteiger partial charge in [-0.3, -0.25) is 25.2 Å². The van der Waals surface area contributed by atoms with Crippen molar-refractivity contribution in [2.45, 2.75) is 32.7 Å². The summed E-state index contributed by atoms with van der Waals surface area (Å²) in [5.74, 6) is 0.103. The van der Waals surface area contributed by atoms with Crippen LogP contribution in [0.4, 0.5) is 0 Å². The predicted octanol–water partition coefficient (Wildman–Crippen LogP) is 2.26. The summed E-state index contributed by atoms with van der Waals surface area (Å²) in [5.41, 5.74) is 6.37. The van der Waals surface area contributed by atoms with Crippen molar-refractivity contribution in [1.82, 2.24) is 16.2 Å². The molecule has 0 bridgehead atoms. The van der Waals surface area contributed by atoms with E-state index in [1.807, 2.05) is 0 Å². The number of benzene rings is 1. The molecule has 0 unspecified atom stereocenters. The molecule has 3 amide bonds. The molecule has 0 spiro atoms. The number of carbonyl (C=O) groups excluding carboxylic acids is 3. The van der Waals surface area contributed by atoms with E-state index >= 15 is 0 Å². The molecule has 7 nitrogen and oxygen atoms in total. The summed E-state index contributed by atoms with van der Waals surface area (Å²) in [5, 5.41) is 2.92. The molecule has 1 aliphatic carbocycles. The molecular formula is C20H21N3O4. The second kappa shape index (κ2) is 7.90. The first-order chi connectivity index (χ1) is 12.9. The van der Waals surface area contributed by atoms with Crippen LogP contribution in [0.5, 0.6) is 0 Å². The number of hydrogen-bond acceptors (Lipinski definition) is 4. The smallest absolute Gasteiger partial charge is 0.273 e. The lowest BCUT2D eigenvalue weighted by Crippen LogP contribution is -2.40. The molecule has 0 saturated heterocycles. The van der Waals surface area contributed by atoms with Crippen LogP contribution in [0.25, 0.3) is 6.08 Å². The second-order valence-electron chi connectivity index (χ2n) is 6.47. The van der Waals surface area contributed by atoms with Gasteiger partial charge in [0.2, 0.25) is 0 Å². The number of hydrogen-bond donors (Lipinski definition) is 3. The lowest BCUT2D eigenvalue weighted by Gasteiger charge is -2.04. The van der Waals surface area contributed by atoms with E-state index in [-0.39, 0.29) is 5.91 Å². The molecule has 3 N–H and O–H groups in total. The molecule has 2 aromatic rings. The molecule has 140 valence electrons. The fourth-order valence-electron chi connectivity index (χ4n) is 2.50. The highest BCUT2D eigenvalue weighted by Gasteiger charge is 2.23. The first-order valence-electron chi connectivity index (χ1n) is 8.69. The predicted molar refractivity (Wildman–Crippen MR) is 99.8 cm³/mol. The average molecular weight is 367 g/mol. The van der Waals surface area contributed by atoms with Crippen molar-refractivity contribution in [3.8, 4) is 0 Å². The molecule has 0 radical (unpaired) electrons. The molecule has 1 aliphatic rings. The number of furan rings is 1. The third kappa shape index (κ3) is 5.07. The Labute approximate surface area is 156 Å². The highest BCUT2D eigenvalue weighted by molar-refractivity contribution is 5.98. The van der Waals surface area contributed by atoms with Gasteiger partial charge in [0.1, 0.15) is 11.5 Å². The zero-order chi connectivity index (χ0) is 19.4. The van der Waals surface area contributed by atoms with E-state index in [9.17, 15) is 14.4 Å². The molecule has 27 heavy (non-hydrogen) atoms. The molecule has 1 aromatic heterocycles. The first-order valence-corrected chi connectivity index (χ1v) is 8.69. The summed E-state index contributed by atoms with van der Waals surface area (Å²) < 4.78 is 5.28. The maximum Gasteiger partial charge on any atom is 0.273 e. The van der Waals surface area contributed by atoms with Crippen molar-refractivity contribution in [1.29, 1.82) is 0 Å². The highest BCUT2D eigenvalue weighted by atomic mass is 16.3. The third-order valence-corrected chi connectivity index (χ3v) is 4.10. The molecule has 1 fully saturated rings. The van der Waals surface area contributed by atoms with Gasteiger partial charge >= 0.3 is 0 Å². The quantitative estimate of drug-likeness (QED) is 0.557. The normalized spacial score (nSPS) is 13.4. The number of carbonyl (C=O) groups is 3. The van der Waals surface area contributed by atoms with Crippen LogP contribution < -0.4 is 16.2 Å². The van der Waals surface area contributed by atoms with E-state index < -0.39 is 11.8 Å². The maximum absolute atomic E-state index is 12.0. The zero-order valence-electron chi connectivity index (χ0n) is 15.2. The summed E-state index contributed by atoms with van der Waals surface area (Å²) >= 11 is 0. The fraction of sp³-hybridized carbons (Fsp3) is 0.250. The highest BCUT2D eigenvalue weighted by Crippen LogP contribution is 2.19. The van der Waals surface area contributed by atoms with Crippen molar-refractivity contribution >= 4 is 23.8 Å². The summed E-state index contributed by atoms with van der Waals surface area (Å²) in [4.78, 5) is 35.8. The van der Waals surface area contributed by atoms with E-state index in [4.69, 9.17) is 4.42 Å². The lowest BCUT2D eigenvalue weighted by atomic mass is 10.1. The van der Waals surface area contributed by atoms with Crippen LogP contribution in [-0.2, 0) is 4.79 Å². The average Bonchev–Trinajstić information content (AvgIpc) is 3.40. The van der Waals surface area contributed by atoms with E-state index in [0.29, 0.717) is 28.7 Å². The summed E-state index contributed by atoms with van der Waals surface area (Å²) in [6.45, 7) is 3.42. The Hall–Kier alpha value is -3.35. The van der Waals surface area contributed by atoms with E-state index in [2.05, 4.69) is 16.2 Å². The summed E-state index contributed by atoms with van der Waals surface area (Å²) in [7, 11) is 0. The SMILES string of the molecule is Cc1cc(C(=O)NNC(=O)/C=C/c2ccc(C(=O)NC3CC3)cc2)c(C)o1. The van der Waals surface area contributed by atoms with Gasteiger partial charge in [-0.1, -0.05) is 12.1 Å². The molecule has 0 aliphatic heterocycles. The Kier molecular flexibility index (Phi) is 5.40. The van der Waals surface area contributed by atoms with Gasteiger partial charge in [-0.2, -0.15) is 0 Å². The van der Waals surface area contributed by atoms with E-state index in [0.717, 1.165) is 18.4 Å². The van der Waals surface area contributed by atoms with Crippen molar-refractivity contribution in [3.05, 3.63) is 64.6 Å². The van der Waals surface area contributed by atoms with Crippen molar-refractivity contribution in [2.24, 2.45) is 0 Å². The van der Waals surface area contributed by atoms with Gasteiger partial charge in [0.15, 0.2) is 0 Å². The number of amides is 3. The maximum atomic E-state index is 12.0. The molecule has 1 heterocycles. The van der Waals surface area contributed by atoms with E-state index in [1.54, 1.807) is 50.3 Å². The van der Waals surface area contributed by atoms with Crippen molar-refractivity contribution in [2.75, 3.05) is 0 Å². The Morgan fingerprint density at radius 2 is 1.74 bits per heavy atom. The lowest BCUT2D eigenvalue weighted by molar-refractivity contribution is -0.117. The van der Waals surface area contributed by atoms with Crippen LogP contribution in [0.15, 0.2) is 40.8 Å². The molecule has 7 heteroatoms.